The fraction of sp³-hybridized carbons (Fsp3) is 0.167. The van der Waals surface area contributed by atoms with Gasteiger partial charge in [-0.3, -0.25) is 14.5 Å². The number of fused-ring (bicyclic) bond motifs is 2. The Morgan fingerprint density at radius 1 is 1.03 bits per heavy atom. The molecule has 0 saturated carbocycles. The van der Waals surface area contributed by atoms with Crippen molar-refractivity contribution in [3.8, 4) is 11.3 Å². The van der Waals surface area contributed by atoms with Crippen LogP contribution in [0, 0.1) is 5.82 Å². The molecule has 4 heterocycles. The van der Waals surface area contributed by atoms with Gasteiger partial charge in [0.25, 0.3) is 5.91 Å². The number of carbonyl (C=O) groups is 2. The Morgan fingerprint density at radius 3 is 2.65 bits per heavy atom. The average molecular weight is 460 g/mol. The van der Waals surface area contributed by atoms with Gasteiger partial charge in [0.05, 0.1) is 35.9 Å². The number of aromatic nitrogens is 3. The fourth-order valence-corrected chi connectivity index (χ4v) is 3.98. The second kappa shape index (κ2) is 8.47. The number of nitrogens with one attached hydrogen (secondary N) is 1. The van der Waals surface area contributed by atoms with Crippen molar-refractivity contribution in [2.75, 3.05) is 42.4 Å². The van der Waals surface area contributed by atoms with E-state index in [0.29, 0.717) is 41.5 Å². The molecule has 0 aliphatic carbocycles. The quantitative estimate of drug-likeness (QED) is 0.500. The maximum atomic E-state index is 13.8. The van der Waals surface area contributed by atoms with Crippen molar-refractivity contribution in [1.82, 2.24) is 14.4 Å². The Kier molecular flexibility index (Phi) is 5.33. The summed E-state index contributed by atoms with van der Waals surface area (Å²) in [6, 6.07) is 11.4. The molecule has 4 aromatic rings. The Morgan fingerprint density at radius 2 is 1.88 bits per heavy atom. The summed E-state index contributed by atoms with van der Waals surface area (Å²) in [5, 5.41) is 2.50. The summed E-state index contributed by atoms with van der Waals surface area (Å²) in [6.07, 6.45) is 4.44. The van der Waals surface area contributed by atoms with Crippen molar-refractivity contribution < 1.29 is 18.7 Å². The van der Waals surface area contributed by atoms with Crippen LogP contribution < -0.4 is 15.1 Å². The van der Waals surface area contributed by atoms with E-state index < -0.39 is 6.09 Å². The zero-order valence-corrected chi connectivity index (χ0v) is 18.5. The van der Waals surface area contributed by atoms with Crippen LogP contribution in [0.25, 0.3) is 16.9 Å². The fourth-order valence-electron chi connectivity index (χ4n) is 3.98. The monoisotopic (exact) mass is 460 g/mol. The van der Waals surface area contributed by atoms with Gasteiger partial charge in [0, 0.05) is 38.1 Å². The largest absolute Gasteiger partial charge is 0.453 e. The number of rotatable bonds is 3. The maximum absolute atomic E-state index is 13.8. The summed E-state index contributed by atoms with van der Waals surface area (Å²) >= 11 is 0. The van der Waals surface area contributed by atoms with Crippen LogP contribution in [-0.2, 0) is 4.74 Å². The van der Waals surface area contributed by atoms with E-state index in [2.05, 4.69) is 20.0 Å². The normalized spacial score (nSPS) is 13.0. The van der Waals surface area contributed by atoms with E-state index in [9.17, 15) is 14.0 Å². The SMILES string of the molecule is COC(=O)Nc1ccc(-c2cnc3ccc(C(=O)N4CCN(C)c5cc(F)ccc54)cn23)cn1. The molecule has 0 bridgehead atoms. The van der Waals surface area contributed by atoms with Gasteiger partial charge in [0.1, 0.15) is 17.3 Å². The first kappa shape index (κ1) is 21.4. The average Bonchev–Trinajstić information content (AvgIpc) is 3.28. The molecule has 0 radical (unpaired) electrons. The number of nitrogens with zero attached hydrogens (tertiary/aromatic N) is 5. The van der Waals surface area contributed by atoms with E-state index in [1.165, 1.54) is 19.2 Å². The second-order valence-electron chi connectivity index (χ2n) is 7.85. The lowest BCUT2D eigenvalue weighted by Gasteiger charge is -2.35. The molecular formula is C24H21FN6O3. The molecule has 1 aliphatic rings. The lowest BCUT2D eigenvalue weighted by Crippen LogP contribution is -2.42. The number of ether oxygens (including phenoxy) is 1. The predicted octanol–water partition coefficient (Wildman–Crippen LogP) is 3.81. The molecule has 9 nitrogen and oxygen atoms in total. The topological polar surface area (TPSA) is 92.1 Å². The number of methoxy groups -OCH3 is 1. The van der Waals surface area contributed by atoms with Gasteiger partial charge in [-0.25, -0.2) is 19.2 Å². The van der Waals surface area contributed by atoms with E-state index in [4.69, 9.17) is 0 Å². The number of amides is 2. The highest BCUT2D eigenvalue weighted by Crippen LogP contribution is 2.34. The summed E-state index contributed by atoms with van der Waals surface area (Å²) in [4.78, 5) is 37.1. The summed E-state index contributed by atoms with van der Waals surface area (Å²) in [6.45, 7) is 1.08. The minimum absolute atomic E-state index is 0.182. The number of hydrogen-bond acceptors (Lipinski definition) is 6. The minimum atomic E-state index is -0.605. The molecule has 2 amide bonds. The molecule has 1 aromatic carbocycles. The van der Waals surface area contributed by atoms with Gasteiger partial charge in [-0.2, -0.15) is 0 Å². The standard InChI is InChI=1S/C24H21FN6O3/c1-29-9-10-30(18-6-5-17(25)11-19(18)29)23(32)16-4-8-22-27-13-20(31(22)14-16)15-3-7-21(26-12-15)28-24(33)34-2/h3-8,11-14H,9-10H2,1-2H3,(H,26,28,33). The lowest BCUT2D eigenvalue weighted by molar-refractivity contribution is 0.0986. The van der Waals surface area contributed by atoms with Gasteiger partial charge in [-0.05, 0) is 42.5 Å². The predicted molar refractivity (Wildman–Crippen MR) is 126 cm³/mol. The van der Waals surface area contributed by atoms with Crippen LogP contribution in [0.1, 0.15) is 10.4 Å². The van der Waals surface area contributed by atoms with E-state index in [1.807, 2.05) is 16.3 Å². The van der Waals surface area contributed by atoms with Crippen LogP contribution in [-0.4, -0.2) is 53.6 Å². The van der Waals surface area contributed by atoms with E-state index in [0.717, 1.165) is 11.3 Å². The Bertz CT molecular complexity index is 1400. The first-order valence-electron chi connectivity index (χ1n) is 10.6. The highest BCUT2D eigenvalue weighted by Gasteiger charge is 2.27. The molecule has 5 rings (SSSR count). The van der Waals surface area contributed by atoms with Crippen LogP contribution in [0.2, 0.25) is 0 Å². The van der Waals surface area contributed by atoms with Gasteiger partial charge in [0.2, 0.25) is 0 Å². The summed E-state index contributed by atoms with van der Waals surface area (Å²) in [5.74, 6) is -0.172. The van der Waals surface area contributed by atoms with Crippen LogP contribution in [0.3, 0.4) is 0 Å². The van der Waals surface area contributed by atoms with E-state index >= 15 is 0 Å². The molecule has 0 atom stereocenters. The molecule has 0 spiro atoms. The van der Waals surface area contributed by atoms with Crippen molar-refractivity contribution in [2.24, 2.45) is 0 Å². The van der Waals surface area contributed by atoms with Gasteiger partial charge < -0.3 is 14.5 Å². The van der Waals surface area contributed by atoms with Crippen LogP contribution in [0.5, 0.6) is 0 Å². The number of likely N-dealkylation sites (N-methyl/N-ethyl adjacent to an activating group) is 1. The Labute approximate surface area is 194 Å². The highest BCUT2D eigenvalue weighted by atomic mass is 19.1. The molecular weight excluding hydrogens is 439 g/mol. The number of anilines is 3. The van der Waals surface area contributed by atoms with Crippen LogP contribution in [0.15, 0.2) is 61.1 Å². The highest BCUT2D eigenvalue weighted by molar-refractivity contribution is 6.08. The molecule has 3 aromatic heterocycles. The summed E-state index contributed by atoms with van der Waals surface area (Å²) < 4.78 is 20.2. The number of pyridine rings is 2. The van der Waals surface area contributed by atoms with Crippen LogP contribution in [0.4, 0.5) is 26.4 Å². The molecule has 1 N–H and O–H groups in total. The molecule has 172 valence electrons. The minimum Gasteiger partial charge on any atom is -0.453 e. The van der Waals surface area contributed by atoms with Crippen LogP contribution >= 0.6 is 0 Å². The summed E-state index contributed by atoms with van der Waals surface area (Å²) in [5.41, 5.74) is 3.99. The number of benzene rings is 1. The van der Waals surface area contributed by atoms with Gasteiger partial charge in [-0.1, -0.05) is 0 Å². The number of carbonyl (C=O) groups excluding carboxylic acids is 2. The van der Waals surface area contributed by atoms with Crippen molar-refractivity contribution in [2.45, 2.75) is 0 Å². The molecule has 10 heteroatoms. The number of halogens is 1. The third-order valence-corrected chi connectivity index (χ3v) is 5.77. The van der Waals surface area contributed by atoms with Gasteiger partial charge in [0.15, 0.2) is 0 Å². The Balaban J connectivity index is 1.47. The van der Waals surface area contributed by atoms with Crippen molar-refractivity contribution in [1.29, 1.82) is 0 Å². The summed E-state index contributed by atoms with van der Waals surface area (Å²) in [7, 11) is 3.16. The second-order valence-corrected chi connectivity index (χ2v) is 7.85. The first-order valence-corrected chi connectivity index (χ1v) is 10.6. The maximum Gasteiger partial charge on any atom is 0.412 e. The van der Waals surface area contributed by atoms with Crippen molar-refractivity contribution >= 4 is 34.8 Å². The number of imidazole rings is 1. The lowest BCUT2D eigenvalue weighted by atomic mass is 10.1. The smallest absolute Gasteiger partial charge is 0.412 e. The third-order valence-electron chi connectivity index (χ3n) is 5.77. The first-order chi connectivity index (χ1) is 16.4. The molecule has 0 unspecified atom stereocenters. The van der Waals surface area contributed by atoms with E-state index in [1.54, 1.807) is 53.8 Å². The molecule has 0 fully saturated rings. The van der Waals surface area contributed by atoms with Crippen molar-refractivity contribution in [3.05, 3.63) is 72.4 Å². The molecule has 34 heavy (non-hydrogen) atoms. The van der Waals surface area contributed by atoms with E-state index in [-0.39, 0.29) is 11.7 Å². The van der Waals surface area contributed by atoms with Gasteiger partial charge >= 0.3 is 6.09 Å². The Hall–Kier alpha value is -4.47. The third kappa shape index (κ3) is 3.79. The molecule has 1 aliphatic heterocycles. The van der Waals surface area contributed by atoms with Crippen molar-refractivity contribution in [3.63, 3.8) is 0 Å². The zero-order chi connectivity index (χ0) is 23.8. The molecule has 0 saturated heterocycles. The number of hydrogen-bond donors (Lipinski definition) is 1. The zero-order valence-electron chi connectivity index (χ0n) is 18.5. The van der Waals surface area contributed by atoms with Gasteiger partial charge in [-0.15, -0.1) is 0 Å².